The molecule has 0 bridgehead atoms. The minimum Gasteiger partial charge on any atom is -0.481 e. The lowest BCUT2D eigenvalue weighted by molar-refractivity contribution is -0.144. The summed E-state index contributed by atoms with van der Waals surface area (Å²) in [5, 5.41) is 67.9. The van der Waals surface area contributed by atoms with E-state index in [1.54, 1.807) is 13.8 Å². The van der Waals surface area contributed by atoms with E-state index in [0.717, 1.165) is 6.92 Å². The maximum absolute atomic E-state index is 13.5. The molecule has 392 valence electrons. The van der Waals surface area contributed by atoms with Gasteiger partial charge in [0.1, 0.15) is 54.4 Å². The summed E-state index contributed by atoms with van der Waals surface area (Å²) in [5.74, 6) is -11.3. The molecule has 0 aromatic heterocycles. The van der Waals surface area contributed by atoms with E-state index in [1.165, 1.54) is 44.4 Å². The van der Waals surface area contributed by atoms with Gasteiger partial charge >= 0.3 is 11.9 Å². The van der Waals surface area contributed by atoms with Gasteiger partial charge in [-0.15, -0.1) is 0 Å². The van der Waals surface area contributed by atoms with Gasteiger partial charge in [-0.1, -0.05) is 27.7 Å². The summed E-state index contributed by atoms with van der Waals surface area (Å²) in [5.41, 5.74) is 5.91. The van der Waals surface area contributed by atoms with Crippen molar-refractivity contribution in [3.8, 4) is 0 Å². The van der Waals surface area contributed by atoms with Crippen molar-refractivity contribution in [2.75, 3.05) is 31.8 Å². The van der Waals surface area contributed by atoms with Crippen molar-refractivity contribution in [1.82, 2.24) is 47.4 Å². The number of carbonyl (C=O) groups is 11. The van der Waals surface area contributed by atoms with E-state index in [2.05, 4.69) is 42.5 Å². The van der Waals surface area contributed by atoms with Crippen LogP contribution in [0.1, 0.15) is 87.0 Å². The molecule has 26 nitrogen and oxygen atoms in total. The number of hydrogen-bond donors (Lipinski definition) is 14. The van der Waals surface area contributed by atoms with Crippen LogP contribution >= 0.6 is 11.8 Å². The fraction of sp³-hybridized carbons (Fsp3) is 0.738. The molecule has 9 amide bonds. The first-order valence-electron chi connectivity index (χ1n) is 22.5. The molecule has 1 fully saturated rings. The molecule has 1 aliphatic rings. The molecular weight excluding hydrogens is 933 g/mol. The fourth-order valence-electron chi connectivity index (χ4n) is 6.84. The first-order chi connectivity index (χ1) is 32.2. The Morgan fingerprint density at radius 2 is 1.13 bits per heavy atom. The number of amides is 9. The second kappa shape index (κ2) is 30.1. The highest BCUT2D eigenvalue weighted by Crippen LogP contribution is 2.19. The molecule has 0 aromatic carbocycles. The smallest absolute Gasteiger partial charge is 0.326 e. The van der Waals surface area contributed by atoms with Gasteiger partial charge in [0.05, 0.1) is 25.4 Å². The highest BCUT2D eigenvalue weighted by Gasteiger charge is 2.40. The summed E-state index contributed by atoms with van der Waals surface area (Å²) < 4.78 is 0. The van der Waals surface area contributed by atoms with Crippen molar-refractivity contribution < 1.29 is 78.3 Å². The van der Waals surface area contributed by atoms with Gasteiger partial charge in [-0.05, 0) is 76.7 Å². The third-order valence-corrected chi connectivity index (χ3v) is 11.5. The van der Waals surface area contributed by atoms with E-state index in [9.17, 15) is 78.3 Å². The number of nitrogens with one attached hydrogen (secondary N) is 8. The lowest BCUT2D eigenvalue weighted by Crippen LogP contribution is -2.62. The fourth-order valence-corrected chi connectivity index (χ4v) is 7.33. The zero-order chi connectivity index (χ0) is 52.9. The van der Waals surface area contributed by atoms with Crippen molar-refractivity contribution in [2.45, 2.75) is 154 Å². The second-order valence-electron chi connectivity index (χ2n) is 17.5. The topological polar surface area (TPSA) is 414 Å². The minimum absolute atomic E-state index is 0.0508. The van der Waals surface area contributed by atoms with Crippen LogP contribution in [0, 0.1) is 11.8 Å². The number of carbonyl (C=O) groups excluding carboxylic acids is 9. The van der Waals surface area contributed by atoms with Crippen molar-refractivity contribution in [3.05, 3.63) is 0 Å². The van der Waals surface area contributed by atoms with Crippen LogP contribution in [0.25, 0.3) is 0 Å². The van der Waals surface area contributed by atoms with E-state index in [4.69, 9.17) is 5.73 Å². The monoisotopic (exact) mass is 1000 g/mol. The lowest BCUT2D eigenvalue weighted by atomic mass is 10.0. The van der Waals surface area contributed by atoms with Crippen molar-refractivity contribution in [2.24, 2.45) is 17.6 Å². The number of aliphatic hydroxyl groups is 3. The Morgan fingerprint density at radius 3 is 1.62 bits per heavy atom. The molecule has 0 unspecified atom stereocenters. The molecule has 0 saturated carbocycles. The van der Waals surface area contributed by atoms with Gasteiger partial charge in [0, 0.05) is 13.0 Å². The van der Waals surface area contributed by atoms with Gasteiger partial charge < -0.3 is 78.7 Å². The summed E-state index contributed by atoms with van der Waals surface area (Å²) in [4.78, 5) is 143. The highest BCUT2D eigenvalue weighted by molar-refractivity contribution is 7.98. The predicted octanol–water partition coefficient (Wildman–Crippen LogP) is -5.01. The summed E-state index contributed by atoms with van der Waals surface area (Å²) in [7, 11) is 0. The first kappa shape index (κ1) is 61.4. The van der Waals surface area contributed by atoms with Crippen LogP contribution in [-0.2, 0) is 52.7 Å². The summed E-state index contributed by atoms with van der Waals surface area (Å²) >= 11 is 1.50. The normalized spacial score (nSPS) is 17.8. The summed E-state index contributed by atoms with van der Waals surface area (Å²) in [6, 6.07) is -14.1. The van der Waals surface area contributed by atoms with E-state index >= 15 is 0 Å². The van der Waals surface area contributed by atoms with Gasteiger partial charge in [-0.25, -0.2) is 4.79 Å². The number of nitrogens with zero attached hydrogens (tertiary/aromatic N) is 1. The van der Waals surface area contributed by atoms with Crippen LogP contribution in [0.15, 0.2) is 0 Å². The highest BCUT2D eigenvalue weighted by atomic mass is 32.2. The number of hydrogen-bond acceptors (Lipinski definition) is 16. The Kier molecular flexibility index (Phi) is 26.7. The molecule has 0 aromatic rings. The number of nitrogens with two attached hydrogens (primary N) is 1. The number of aliphatic carboxylic acids is 2. The van der Waals surface area contributed by atoms with E-state index in [0.29, 0.717) is 18.6 Å². The van der Waals surface area contributed by atoms with Crippen LogP contribution < -0.4 is 48.3 Å². The molecule has 11 atom stereocenters. The van der Waals surface area contributed by atoms with Gasteiger partial charge in [0.15, 0.2) is 0 Å². The van der Waals surface area contributed by atoms with Crippen LogP contribution in [0.4, 0.5) is 0 Å². The predicted molar refractivity (Wildman–Crippen MR) is 247 cm³/mol. The molecule has 1 aliphatic heterocycles. The number of likely N-dealkylation sites (tertiary alicyclic amines) is 1. The Morgan fingerprint density at radius 1 is 0.623 bits per heavy atom. The van der Waals surface area contributed by atoms with Crippen LogP contribution in [0.5, 0.6) is 0 Å². The molecular formula is C42H72N10O16S. The maximum atomic E-state index is 13.5. The Labute approximate surface area is 404 Å². The third-order valence-electron chi connectivity index (χ3n) is 10.8. The minimum atomic E-state index is -1.83. The molecule has 15 N–H and O–H groups in total. The van der Waals surface area contributed by atoms with Crippen molar-refractivity contribution in [3.63, 3.8) is 0 Å². The van der Waals surface area contributed by atoms with Gasteiger partial charge in [-0.3, -0.25) is 47.9 Å². The Balaban J connectivity index is 3.06. The average Bonchev–Trinajstić information content (AvgIpc) is 3.77. The van der Waals surface area contributed by atoms with Gasteiger partial charge in [0.2, 0.25) is 53.2 Å². The van der Waals surface area contributed by atoms with E-state index < -0.39 is 164 Å². The SMILES string of the molecule is CSCC[C@H](N)C(=O)N[C@@H](C)C(=O)N1CCC[C@H]1C(=O)N[C@H](C(=O)N[C@@H](CO)C(=O)N[C@@H](CO)C(=O)N[C@@H](CC(C)C)C(=O)N[C@@H](C)C(=O)N[C@@H](CCC(=O)O)C(=O)N[C@H](C(=O)O)C(C)C)[C@@H](C)O. The summed E-state index contributed by atoms with van der Waals surface area (Å²) in [6.45, 7) is 8.23. The zero-order valence-electron chi connectivity index (χ0n) is 40.2. The van der Waals surface area contributed by atoms with E-state index in [1.807, 2.05) is 6.26 Å². The van der Waals surface area contributed by atoms with Crippen LogP contribution in [0.3, 0.4) is 0 Å². The standard InChI is InChI=1S/C42H72N10O16S/c1-19(2)16-26(36(61)44-21(5)33(58)46-25(11-12-30(56)57)35(60)50-31(20(3)4)42(67)68)47-37(62)27(17-53)48-38(63)28(18-54)49-40(65)32(23(7)55)51-39(64)29-10-9-14-52(29)41(66)22(6)45-34(59)24(43)13-15-69-8/h19-29,31-32,53-55H,9-18,43H2,1-8H3,(H,44,61)(H,45,59)(H,46,58)(H,47,62)(H,48,63)(H,49,65)(H,50,60)(H,51,64)(H,56,57)(H,67,68)/t21-,22-,23+,24-,25-,26-,27-,28-,29-,31-,32-/m0/s1. The number of rotatable bonds is 30. The molecule has 69 heavy (non-hydrogen) atoms. The molecule has 27 heteroatoms. The first-order valence-corrected chi connectivity index (χ1v) is 23.9. The molecule has 1 heterocycles. The number of aliphatic hydroxyl groups excluding tert-OH is 3. The Hall–Kier alpha value is -5.64. The zero-order valence-corrected chi connectivity index (χ0v) is 41.1. The molecule has 0 spiro atoms. The largest absolute Gasteiger partial charge is 0.481 e. The molecule has 1 saturated heterocycles. The molecule has 0 radical (unpaired) electrons. The summed E-state index contributed by atoms with van der Waals surface area (Å²) in [6.07, 6.45) is 0.142. The second-order valence-corrected chi connectivity index (χ2v) is 18.5. The number of carboxylic acids is 2. The number of thioether (sulfide) groups is 1. The lowest BCUT2D eigenvalue weighted by Gasteiger charge is -2.30. The maximum Gasteiger partial charge on any atom is 0.326 e. The van der Waals surface area contributed by atoms with Crippen molar-refractivity contribution in [1.29, 1.82) is 0 Å². The number of carboxylic acid groups (broad SMARTS) is 2. The third kappa shape index (κ3) is 20.5. The molecule has 1 rings (SSSR count). The van der Waals surface area contributed by atoms with Crippen LogP contribution in [-0.4, -0.2) is 194 Å². The quantitative estimate of drug-likeness (QED) is 0.0320. The van der Waals surface area contributed by atoms with Crippen LogP contribution in [0.2, 0.25) is 0 Å². The van der Waals surface area contributed by atoms with Crippen molar-refractivity contribution >= 4 is 76.9 Å². The average molecular weight is 1010 g/mol. The Bertz CT molecular complexity index is 1820. The van der Waals surface area contributed by atoms with E-state index in [-0.39, 0.29) is 25.3 Å². The van der Waals surface area contributed by atoms with Gasteiger partial charge in [-0.2, -0.15) is 11.8 Å². The molecule has 0 aliphatic carbocycles. The van der Waals surface area contributed by atoms with Gasteiger partial charge in [0.25, 0.3) is 0 Å².